The minimum absolute atomic E-state index is 0.0491. The summed E-state index contributed by atoms with van der Waals surface area (Å²) in [7, 11) is 0. The molecule has 0 spiro atoms. The maximum atomic E-state index is 6.29. The Morgan fingerprint density at radius 1 is 0.842 bits per heavy atom. The zero-order valence-electron chi connectivity index (χ0n) is 11.7. The highest BCUT2D eigenvalue weighted by Gasteiger charge is 2.09. The molecule has 0 fully saturated rings. The van der Waals surface area contributed by atoms with Crippen LogP contribution < -0.4 is 10.6 Å². The molecule has 2 rings (SSSR count). The zero-order valence-corrected chi connectivity index (χ0v) is 11.7. The Bertz CT molecular complexity index is 486. The van der Waals surface area contributed by atoms with Crippen molar-refractivity contribution in [2.24, 2.45) is 5.73 Å². The van der Waals surface area contributed by atoms with E-state index in [9.17, 15) is 0 Å². The van der Waals surface area contributed by atoms with Gasteiger partial charge in [-0.25, -0.2) is 0 Å². The fourth-order valence-corrected chi connectivity index (χ4v) is 2.33. The zero-order chi connectivity index (χ0) is 13.7. The van der Waals surface area contributed by atoms with Crippen molar-refractivity contribution in [3.63, 3.8) is 0 Å². The summed E-state index contributed by atoms with van der Waals surface area (Å²) in [6, 6.07) is 18.7. The summed E-state index contributed by atoms with van der Waals surface area (Å²) in [6.07, 6.45) is 0. The van der Waals surface area contributed by atoms with Gasteiger partial charge in [0, 0.05) is 18.8 Å². The van der Waals surface area contributed by atoms with Crippen molar-refractivity contribution in [2.45, 2.75) is 19.9 Å². The van der Waals surface area contributed by atoms with Crippen LogP contribution in [0.2, 0.25) is 0 Å². The highest BCUT2D eigenvalue weighted by Crippen LogP contribution is 2.22. The van der Waals surface area contributed by atoms with Gasteiger partial charge in [-0.1, -0.05) is 42.5 Å². The number of nitrogens with two attached hydrogens (primary N) is 1. The van der Waals surface area contributed by atoms with Crippen molar-refractivity contribution in [1.29, 1.82) is 0 Å². The molecule has 0 heterocycles. The van der Waals surface area contributed by atoms with Crippen LogP contribution in [0.5, 0.6) is 0 Å². The normalized spacial score (nSPS) is 12.2. The van der Waals surface area contributed by atoms with E-state index in [-0.39, 0.29) is 6.04 Å². The van der Waals surface area contributed by atoms with Crippen LogP contribution in [0.4, 0.5) is 5.69 Å². The molecular weight excluding hydrogens is 232 g/mol. The van der Waals surface area contributed by atoms with Crippen LogP contribution in [0.3, 0.4) is 0 Å². The molecule has 0 aliphatic rings. The minimum Gasteiger partial charge on any atom is -0.372 e. The summed E-state index contributed by atoms with van der Waals surface area (Å²) in [5.41, 5.74) is 9.86. The Morgan fingerprint density at radius 2 is 1.37 bits per heavy atom. The fraction of sp³-hybridized carbons (Fsp3) is 0.294. The molecule has 100 valence electrons. The van der Waals surface area contributed by atoms with E-state index < -0.39 is 0 Å². The lowest BCUT2D eigenvalue weighted by atomic mass is 9.99. The number of benzene rings is 2. The Labute approximate surface area is 115 Å². The molecule has 0 aromatic heterocycles. The number of hydrogen-bond donors (Lipinski definition) is 1. The van der Waals surface area contributed by atoms with Crippen molar-refractivity contribution in [2.75, 3.05) is 18.0 Å². The van der Waals surface area contributed by atoms with Gasteiger partial charge in [0.2, 0.25) is 0 Å². The number of hydrogen-bond acceptors (Lipinski definition) is 2. The van der Waals surface area contributed by atoms with E-state index in [0.29, 0.717) is 0 Å². The Kier molecular flexibility index (Phi) is 4.58. The summed E-state index contributed by atoms with van der Waals surface area (Å²) < 4.78 is 0. The van der Waals surface area contributed by atoms with Gasteiger partial charge in [-0.3, -0.25) is 0 Å². The second-order valence-electron chi connectivity index (χ2n) is 4.65. The molecule has 1 atom stereocenters. The topological polar surface area (TPSA) is 29.3 Å². The van der Waals surface area contributed by atoms with Gasteiger partial charge in [-0.2, -0.15) is 0 Å². The van der Waals surface area contributed by atoms with Crippen LogP contribution in [0.15, 0.2) is 54.6 Å². The first kappa shape index (κ1) is 13.6. The van der Waals surface area contributed by atoms with Crippen molar-refractivity contribution in [3.8, 4) is 0 Å². The van der Waals surface area contributed by atoms with Crippen LogP contribution in [-0.2, 0) is 0 Å². The monoisotopic (exact) mass is 254 g/mol. The van der Waals surface area contributed by atoms with Crippen LogP contribution in [0, 0.1) is 0 Å². The molecule has 0 saturated carbocycles. The van der Waals surface area contributed by atoms with E-state index >= 15 is 0 Å². The van der Waals surface area contributed by atoms with Gasteiger partial charge >= 0.3 is 0 Å². The minimum atomic E-state index is -0.0491. The van der Waals surface area contributed by atoms with Crippen molar-refractivity contribution < 1.29 is 0 Å². The van der Waals surface area contributed by atoms with E-state index in [1.807, 2.05) is 18.2 Å². The summed E-state index contributed by atoms with van der Waals surface area (Å²) in [5, 5.41) is 0. The molecule has 2 nitrogen and oxygen atoms in total. The second kappa shape index (κ2) is 6.39. The van der Waals surface area contributed by atoms with E-state index in [4.69, 9.17) is 5.73 Å². The van der Waals surface area contributed by atoms with Gasteiger partial charge in [-0.05, 0) is 37.1 Å². The lowest BCUT2D eigenvalue weighted by Crippen LogP contribution is -2.21. The molecule has 19 heavy (non-hydrogen) atoms. The first-order valence-electron chi connectivity index (χ1n) is 6.91. The van der Waals surface area contributed by atoms with Gasteiger partial charge in [0.1, 0.15) is 0 Å². The molecule has 0 bridgehead atoms. The third-order valence-corrected chi connectivity index (χ3v) is 3.54. The maximum absolute atomic E-state index is 6.29. The smallest absolute Gasteiger partial charge is 0.0551 e. The molecule has 2 heteroatoms. The fourth-order valence-electron chi connectivity index (χ4n) is 2.33. The molecule has 2 N–H and O–H groups in total. The molecule has 0 aliphatic heterocycles. The van der Waals surface area contributed by atoms with Gasteiger partial charge in [0.05, 0.1) is 6.04 Å². The van der Waals surface area contributed by atoms with Crippen molar-refractivity contribution in [1.82, 2.24) is 0 Å². The highest BCUT2D eigenvalue weighted by atomic mass is 15.1. The van der Waals surface area contributed by atoms with Gasteiger partial charge < -0.3 is 10.6 Å². The summed E-state index contributed by atoms with van der Waals surface area (Å²) >= 11 is 0. The van der Waals surface area contributed by atoms with E-state index in [1.165, 1.54) is 5.69 Å². The standard InChI is InChI=1S/C17H22N2/c1-3-19(4-2)16-12-10-15(11-13-16)17(18)14-8-6-5-7-9-14/h5-13,17H,3-4,18H2,1-2H3. The van der Waals surface area contributed by atoms with E-state index in [1.54, 1.807) is 0 Å². The molecule has 2 aromatic rings. The Hall–Kier alpha value is -1.80. The largest absolute Gasteiger partial charge is 0.372 e. The lowest BCUT2D eigenvalue weighted by molar-refractivity contribution is 0.854. The first-order valence-corrected chi connectivity index (χ1v) is 6.91. The average Bonchev–Trinajstić information content (AvgIpc) is 2.49. The summed E-state index contributed by atoms with van der Waals surface area (Å²) in [4.78, 5) is 2.33. The third-order valence-electron chi connectivity index (χ3n) is 3.54. The molecule has 0 amide bonds. The van der Waals surface area contributed by atoms with Crippen molar-refractivity contribution >= 4 is 5.69 Å². The van der Waals surface area contributed by atoms with Crippen LogP contribution >= 0.6 is 0 Å². The second-order valence-corrected chi connectivity index (χ2v) is 4.65. The average molecular weight is 254 g/mol. The predicted octanol–water partition coefficient (Wildman–Crippen LogP) is 3.58. The van der Waals surface area contributed by atoms with Crippen molar-refractivity contribution in [3.05, 3.63) is 65.7 Å². The Balaban J connectivity index is 2.19. The predicted molar refractivity (Wildman–Crippen MR) is 82.5 cm³/mol. The molecule has 0 saturated heterocycles. The van der Waals surface area contributed by atoms with Gasteiger partial charge in [0.25, 0.3) is 0 Å². The molecular formula is C17H22N2. The molecule has 0 aliphatic carbocycles. The number of anilines is 1. The maximum Gasteiger partial charge on any atom is 0.0551 e. The molecule has 2 aromatic carbocycles. The van der Waals surface area contributed by atoms with E-state index in [2.05, 4.69) is 55.1 Å². The van der Waals surface area contributed by atoms with Crippen LogP contribution in [0.25, 0.3) is 0 Å². The molecule has 0 radical (unpaired) electrons. The molecule has 1 unspecified atom stereocenters. The first-order chi connectivity index (χ1) is 9.26. The van der Waals surface area contributed by atoms with Gasteiger partial charge in [-0.15, -0.1) is 0 Å². The Morgan fingerprint density at radius 3 is 1.89 bits per heavy atom. The number of nitrogens with zero attached hydrogens (tertiary/aromatic N) is 1. The summed E-state index contributed by atoms with van der Waals surface area (Å²) in [5.74, 6) is 0. The SMILES string of the molecule is CCN(CC)c1ccc(C(N)c2ccccc2)cc1. The van der Waals surface area contributed by atoms with E-state index in [0.717, 1.165) is 24.2 Å². The number of rotatable bonds is 5. The highest BCUT2D eigenvalue weighted by molar-refractivity contribution is 5.48. The van der Waals surface area contributed by atoms with Gasteiger partial charge in [0.15, 0.2) is 0 Å². The summed E-state index contributed by atoms with van der Waals surface area (Å²) in [6.45, 7) is 6.40. The van der Waals surface area contributed by atoms with Crippen LogP contribution in [-0.4, -0.2) is 13.1 Å². The third kappa shape index (κ3) is 3.15. The lowest BCUT2D eigenvalue weighted by Gasteiger charge is -2.22. The quantitative estimate of drug-likeness (QED) is 0.883. The van der Waals surface area contributed by atoms with Crippen LogP contribution in [0.1, 0.15) is 31.0 Å².